The molecule has 10 heteroatoms. The van der Waals surface area contributed by atoms with Crippen molar-refractivity contribution in [2.75, 3.05) is 31.8 Å². The van der Waals surface area contributed by atoms with Gasteiger partial charge in [-0.05, 0) is 6.42 Å². The SMILES string of the molecule is COC(=O)CCNC(=O)C(OPO)C(C)(C)COC1CCSSC1. The number of methoxy groups -OCH3 is 1. The molecule has 140 valence electrons. The standard InChI is InChI=1S/C14H26NO6PS2/c1-14(2,9-20-10-5-7-23-24-8-10)12(21-22-18)13(17)15-6-4-11(16)19-3/h10,12,18,22H,4-9H2,1-3H3,(H,15,17). The van der Waals surface area contributed by atoms with E-state index in [9.17, 15) is 9.59 Å². The maximum Gasteiger partial charge on any atom is 0.307 e. The van der Waals surface area contributed by atoms with E-state index in [0.717, 1.165) is 17.9 Å². The zero-order valence-electron chi connectivity index (χ0n) is 14.2. The summed E-state index contributed by atoms with van der Waals surface area (Å²) in [7, 11) is 4.13. The highest BCUT2D eigenvalue weighted by Crippen LogP contribution is 2.33. The number of nitrogens with one attached hydrogen (secondary N) is 1. The summed E-state index contributed by atoms with van der Waals surface area (Å²) in [4.78, 5) is 32.6. The lowest BCUT2D eigenvalue weighted by Crippen LogP contribution is -2.47. The van der Waals surface area contributed by atoms with Gasteiger partial charge < -0.3 is 24.2 Å². The van der Waals surface area contributed by atoms with Crippen molar-refractivity contribution in [2.24, 2.45) is 5.41 Å². The maximum absolute atomic E-state index is 12.3. The molecule has 1 fully saturated rings. The lowest BCUT2D eigenvalue weighted by molar-refractivity contribution is -0.141. The highest BCUT2D eigenvalue weighted by molar-refractivity contribution is 8.76. The van der Waals surface area contributed by atoms with Crippen molar-refractivity contribution in [3.8, 4) is 0 Å². The summed E-state index contributed by atoms with van der Waals surface area (Å²) in [6.45, 7) is 4.24. The van der Waals surface area contributed by atoms with Crippen molar-refractivity contribution in [3.05, 3.63) is 0 Å². The van der Waals surface area contributed by atoms with Crippen molar-refractivity contribution in [2.45, 2.75) is 38.9 Å². The number of carbonyl (C=O) groups is 2. The van der Waals surface area contributed by atoms with E-state index in [4.69, 9.17) is 14.2 Å². The topological polar surface area (TPSA) is 94.1 Å². The van der Waals surface area contributed by atoms with E-state index in [2.05, 4.69) is 10.1 Å². The van der Waals surface area contributed by atoms with Crippen LogP contribution in [0.15, 0.2) is 0 Å². The Morgan fingerprint density at radius 1 is 1.42 bits per heavy atom. The molecule has 2 N–H and O–H groups in total. The van der Waals surface area contributed by atoms with Crippen molar-refractivity contribution in [1.82, 2.24) is 5.32 Å². The predicted molar refractivity (Wildman–Crippen MR) is 98.1 cm³/mol. The van der Waals surface area contributed by atoms with Crippen LogP contribution in [0.5, 0.6) is 0 Å². The second kappa shape index (κ2) is 11.5. The molecule has 1 heterocycles. The fourth-order valence-electron chi connectivity index (χ4n) is 2.09. The monoisotopic (exact) mass is 399 g/mol. The van der Waals surface area contributed by atoms with Crippen LogP contribution < -0.4 is 5.32 Å². The van der Waals surface area contributed by atoms with Gasteiger partial charge in [-0.15, -0.1) is 0 Å². The molecule has 0 saturated carbocycles. The molecule has 0 spiro atoms. The summed E-state index contributed by atoms with van der Waals surface area (Å²) in [5.41, 5.74) is -0.611. The third-order valence-electron chi connectivity index (χ3n) is 3.53. The Balaban J connectivity index is 2.52. The highest BCUT2D eigenvalue weighted by atomic mass is 33.1. The number of esters is 1. The number of hydrogen-bond acceptors (Lipinski definition) is 8. The molecule has 24 heavy (non-hydrogen) atoms. The van der Waals surface area contributed by atoms with E-state index in [1.165, 1.54) is 7.11 Å². The normalized spacial score (nSPS) is 20.1. The number of carbonyl (C=O) groups excluding carboxylic acids is 2. The fourth-order valence-corrected chi connectivity index (χ4v) is 4.99. The van der Waals surface area contributed by atoms with E-state index in [1.807, 2.05) is 24.6 Å². The first-order valence-corrected chi connectivity index (χ1v) is 11.0. The van der Waals surface area contributed by atoms with Crippen LogP contribution in [0.1, 0.15) is 26.7 Å². The Kier molecular flexibility index (Phi) is 10.6. The van der Waals surface area contributed by atoms with Gasteiger partial charge in [0.2, 0.25) is 5.91 Å². The van der Waals surface area contributed by atoms with Crippen LogP contribution in [-0.4, -0.2) is 60.7 Å². The maximum atomic E-state index is 12.3. The molecule has 3 unspecified atom stereocenters. The van der Waals surface area contributed by atoms with Crippen LogP contribution in [0.3, 0.4) is 0 Å². The Labute approximate surface area is 152 Å². The number of rotatable bonds is 10. The molecule has 1 rings (SSSR count). The molecular weight excluding hydrogens is 373 g/mol. The summed E-state index contributed by atoms with van der Waals surface area (Å²) in [6.07, 6.45) is 0.399. The zero-order valence-corrected chi connectivity index (χ0v) is 16.8. The van der Waals surface area contributed by atoms with E-state index in [-0.39, 0.29) is 25.0 Å². The van der Waals surface area contributed by atoms with Gasteiger partial charge in [0.25, 0.3) is 0 Å². The fraction of sp³-hybridized carbons (Fsp3) is 0.857. The molecule has 7 nitrogen and oxygen atoms in total. The highest BCUT2D eigenvalue weighted by Gasteiger charge is 2.37. The minimum absolute atomic E-state index is 0.0876. The smallest absolute Gasteiger partial charge is 0.307 e. The molecule has 0 aromatic heterocycles. The first-order chi connectivity index (χ1) is 11.4. The van der Waals surface area contributed by atoms with Crippen LogP contribution >= 0.6 is 30.6 Å². The molecule has 1 aliphatic rings. The van der Waals surface area contributed by atoms with Crippen LogP contribution in [0.4, 0.5) is 0 Å². The van der Waals surface area contributed by atoms with Gasteiger partial charge in [0.1, 0.15) is 6.10 Å². The lowest BCUT2D eigenvalue weighted by atomic mass is 9.87. The van der Waals surface area contributed by atoms with Gasteiger partial charge in [-0.2, -0.15) is 0 Å². The average Bonchev–Trinajstić information content (AvgIpc) is 2.58. The van der Waals surface area contributed by atoms with E-state index < -0.39 is 26.5 Å². The number of hydrogen-bond donors (Lipinski definition) is 2. The number of ether oxygens (including phenoxy) is 2. The Bertz CT molecular complexity index is 407. The summed E-state index contributed by atoms with van der Waals surface area (Å²) in [5, 5.41) is 2.64. The van der Waals surface area contributed by atoms with Crippen molar-refractivity contribution in [1.29, 1.82) is 0 Å². The van der Waals surface area contributed by atoms with Crippen molar-refractivity contribution < 1.29 is 28.5 Å². The Morgan fingerprint density at radius 3 is 2.75 bits per heavy atom. The Morgan fingerprint density at radius 2 is 2.17 bits per heavy atom. The Hall–Kier alpha value is -0.0500. The van der Waals surface area contributed by atoms with Crippen LogP contribution in [0.2, 0.25) is 0 Å². The molecule has 0 aliphatic carbocycles. The molecule has 0 aromatic carbocycles. The average molecular weight is 399 g/mol. The summed E-state index contributed by atoms with van der Waals surface area (Å²) >= 11 is 0. The van der Waals surface area contributed by atoms with E-state index in [1.54, 1.807) is 10.8 Å². The quantitative estimate of drug-likeness (QED) is 0.326. The second-order valence-electron chi connectivity index (χ2n) is 6.02. The van der Waals surface area contributed by atoms with E-state index >= 15 is 0 Å². The van der Waals surface area contributed by atoms with Gasteiger partial charge in [-0.3, -0.25) is 9.59 Å². The summed E-state index contributed by atoms with van der Waals surface area (Å²) in [6, 6.07) is 0. The molecule has 1 amide bonds. The molecule has 1 saturated heterocycles. The van der Waals surface area contributed by atoms with Gasteiger partial charge in [-0.25, -0.2) is 0 Å². The van der Waals surface area contributed by atoms with Gasteiger partial charge in [0.15, 0.2) is 9.03 Å². The largest absolute Gasteiger partial charge is 0.469 e. The lowest BCUT2D eigenvalue weighted by Gasteiger charge is -2.34. The predicted octanol–water partition coefficient (Wildman–Crippen LogP) is 1.75. The first-order valence-electron chi connectivity index (χ1n) is 7.66. The van der Waals surface area contributed by atoms with Crippen molar-refractivity contribution >= 4 is 42.5 Å². The van der Waals surface area contributed by atoms with Crippen LogP contribution in [-0.2, 0) is 23.6 Å². The third kappa shape index (κ3) is 7.89. The van der Waals surface area contributed by atoms with Crippen LogP contribution in [0.25, 0.3) is 0 Å². The third-order valence-corrected chi connectivity index (χ3v) is 6.35. The second-order valence-corrected chi connectivity index (χ2v) is 9.07. The zero-order chi connectivity index (χ0) is 18.0. The van der Waals surface area contributed by atoms with Crippen molar-refractivity contribution in [3.63, 3.8) is 0 Å². The number of amides is 1. The van der Waals surface area contributed by atoms with Crippen LogP contribution in [0, 0.1) is 5.41 Å². The van der Waals surface area contributed by atoms with Gasteiger partial charge >= 0.3 is 5.97 Å². The van der Waals surface area contributed by atoms with Gasteiger partial charge in [0.05, 0.1) is 26.2 Å². The van der Waals surface area contributed by atoms with E-state index in [0.29, 0.717) is 6.61 Å². The molecule has 1 aliphatic heterocycles. The van der Waals surface area contributed by atoms with Gasteiger partial charge in [-0.1, -0.05) is 35.4 Å². The molecule has 3 atom stereocenters. The summed E-state index contributed by atoms with van der Waals surface area (Å²) in [5.74, 6) is 1.22. The molecular formula is C14H26NO6PS2. The minimum atomic E-state index is -0.857. The molecule has 0 bridgehead atoms. The summed E-state index contributed by atoms with van der Waals surface area (Å²) < 4.78 is 15.7. The molecule has 0 radical (unpaired) electrons. The minimum Gasteiger partial charge on any atom is -0.469 e. The molecule has 0 aromatic rings. The first kappa shape index (κ1) is 22.0. The van der Waals surface area contributed by atoms with Gasteiger partial charge in [0, 0.05) is 23.5 Å².